The quantitative estimate of drug-likeness (QED) is 0.676. The number of aromatic nitrogens is 1. The van der Waals surface area contributed by atoms with Crippen LogP contribution in [0.1, 0.15) is 0 Å². The van der Waals surface area contributed by atoms with Gasteiger partial charge in [-0.1, -0.05) is 58.4 Å². The molecule has 0 saturated carbocycles. The average molecular weight is 298 g/mol. The van der Waals surface area contributed by atoms with Crippen LogP contribution in [0.5, 0.6) is 0 Å². The minimum Gasteiger partial charge on any atom is -0.361 e. The highest BCUT2D eigenvalue weighted by Crippen LogP contribution is 2.26. The number of nitrogens with one attached hydrogen (secondary N) is 1. The number of benzene rings is 2. The van der Waals surface area contributed by atoms with Crippen LogP contribution in [0.15, 0.2) is 71.3 Å². The van der Waals surface area contributed by atoms with Crippen LogP contribution < -0.4 is 0 Å². The number of halogens is 1. The van der Waals surface area contributed by atoms with Gasteiger partial charge in [0.1, 0.15) is 0 Å². The molecule has 0 aliphatic heterocycles. The summed E-state index contributed by atoms with van der Waals surface area (Å²) in [5.74, 6) is 0. The monoisotopic (exact) mass is 297 g/mol. The highest BCUT2D eigenvalue weighted by molar-refractivity contribution is 9.10. The Morgan fingerprint density at radius 2 is 1.44 bits per heavy atom. The summed E-state index contributed by atoms with van der Waals surface area (Å²) in [6.07, 6.45) is 2.05. The lowest BCUT2D eigenvalue weighted by Gasteiger charge is -1.97. The topological polar surface area (TPSA) is 15.8 Å². The molecule has 2 aromatic carbocycles. The van der Waals surface area contributed by atoms with Gasteiger partial charge in [0.05, 0.1) is 0 Å². The normalized spacial score (nSPS) is 10.5. The Bertz CT molecular complexity index is 638. The van der Waals surface area contributed by atoms with Gasteiger partial charge in [0.2, 0.25) is 0 Å². The molecule has 0 radical (unpaired) electrons. The molecule has 0 unspecified atom stereocenters. The van der Waals surface area contributed by atoms with Crippen molar-refractivity contribution in [2.24, 2.45) is 0 Å². The highest BCUT2D eigenvalue weighted by atomic mass is 79.9. The van der Waals surface area contributed by atoms with Gasteiger partial charge in [-0.3, -0.25) is 0 Å². The fraction of sp³-hybridized carbons (Fsp3) is 0. The molecule has 3 aromatic rings. The van der Waals surface area contributed by atoms with E-state index < -0.39 is 0 Å². The number of rotatable bonds is 2. The Morgan fingerprint density at radius 1 is 0.722 bits per heavy atom. The maximum Gasteiger partial charge on any atom is 0.0460 e. The first-order chi connectivity index (χ1) is 8.83. The number of H-pyrrole nitrogens is 1. The van der Waals surface area contributed by atoms with Crippen LogP contribution in [0.25, 0.3) is 22.4 Å². The first kappa shape index (κ1) is 11.3. The molecule has 0 atom stereocenters. The second-order valence-electron chi connectivity index (χ2n) is 4.17. The van der Waals surface area contributed by atoms with E-state index in [9.17, 15) is 0 Å². The Balaban J connectivity index is 1.97. The largest absolute Gasteiger partial charge is 0.361 e. The maximum absolute atomic E-state index is 3.45. The summed E-state index contributed by atoms with van der Waals surface area (Å²) in [7, 11) is 0. The lowest BCUT2D eigenvalue weighted by Crippen LogP contribution is -1.74. The predicted octanol–water partition coefficient (Wildman–Crippen LogP) is 5.11. The van der Waals surface area contributed by atoms with Gasteiger partial charge >= 0.3 is 0 Å². The zero-order valence-electron chi connectivity index (χ0n) is 9.73. The molecule has 1 heterocycles. The first-order valence-electron chi connectivity index (χ1n) is 5.83. The van der Waals surface area contributed by atoms with E-state index in [2.05, 4.69) is 75.5 Å². The molecule has 88 valence electrons. The van der Waals surface area contributed by atoms with Crippen molar-refractivity contribution in [1.29, 1.82) is 0 Å². The molecule has 0 bridgehead atoms. The minimum absolute atomic E-state index is 1.10. The summed E-state index contributed by atoms with van der Waals surface area (Å²) in [6, 6.07) is 20.9. The Hall–Kier alpha value is -1.80. The molecule has 0 saturated heterocycles. The van der Waals surface area contributed by atoms with Crippen molar-refractivity contribution in [3.63, 3.8) is 0 Å². The molecular formula is C16H12BrN. The van der Waals surface area contributed by atoms with Gasteiger partial charge in [-0.25, -0.2) is 0 Å². The molecule has 0 fully saturated rings. The Labute approximate surface area is 115 Å². The summed E-state index contributed by atoms with van der Waals surface area (Å²) in [4.78, 5) is 3.32. The lowest BCUT2D eigenvalue weighted by molar-refractivity contribution is 1.40. The van der Waals surface area contributed by atoms with Gasteiger partial charge in [0.25, 0.3) is 0 Å². The molecule has 0 aliphatic rings. The van der Waals surface area contributed by atoms with Crippen LogP contribution in [0.2, 0.25) is 0 Å². The van der Waals surface area contributed by atoms with Gasteiger partial charge in [-0.05, 0) is 34.9 Å². The third-order valence-electron chi connectivity index (χ3n) is 2.95. The van der Waals surface area contributed by atoms with Crippen LogP contribution >= 0.6 is 15.9 Å². The molecule has 2 heteroatoms. The molecule has 18 heavy (non-hydrogen) atoms. The SMILES string of the molecule is Brc1ccc(-c2c[nH]c(-c3ccccc3)c2)cc1. The second-order valence-corrected chi connectivity index (χ2v) is 5.09. The van der Waals surface area contributed by atoms with Crippen molar-refractivity contribution >= 4 is 15.9 Å². The Kier molecular flexibility index (Phi) is 3.03. The predicted molar refractivity (Wildman–Crippen MR) is 79.4 cm³/mol. The van der Waals surface area contributed by atoms with Crippen molar-refractivity contribution in [3.8, 4) is 22.4 Å². The van der Waals surface area contributed by atoms with E-state index in [1.807, 2.05) is 12.3 Å². The maximum atomic E-state index is 3.45. The van der Waals surface area contributed by atoms with Gasteiger partial charge in [-0.2, -0.15) is 0 Å². The zero-order chi connectivity index (χ0) is 12.4. The van der Waals surface area contributed by atoms with Crippen molar-refractivity contribution in [2.75, 3.05) is 0 Å². The van der Waals surface area contributed by atoms with E-state index in [0.717, 1.165) is 10.2 Å². The molecular weight excluding hydrogens is 286 g/mol. The highest BCUT2D eigenvalue weighted by Gasteiger charge is 2.03. The summed E-state index contributed by atoms with van der Waals surface area (Å²) < 4.78 is 1.10. The molecule has 0 aliphatic carbocycles. The fourth-order valence-electron chi connectivity index (χ4n) is 1.99. The van der Waals surface area contributed by atoms with Gasteiger partial charge in [-0.15, -0.1) is 0 Å². The number of aromatic amines is 1. The van der Waals surface area contributed by atoms with Crippen molar-refractivity contribution < 1.29 is 0 Å². The Morgan fingerprint density at radius 3 is 2.17 bits per heavy atom. The van der Waals surface area contributed by atoms with E-state index in [1.54, 1.807) is 0 Å². The zero-order valence-corrected chi connectivity index (χ0v) is 11.3. The van der Waals surface area contributed by atoms with Crippen LogP contribution in [0.3, 0.4) is 0 Å². The van der Waals surface area contributed by atoms with Crippen molar-refractivity contribution in [3.05, 3.63) is 71.3 Å². The van der Waals surface area contributed by atoms with Crippen molar-refractivity contribution in [1.82, 2.24) is 4.98 Å². The number of hydrogen-bond donors (Lipinski definition) is 1. The summed E-state index contributed by atoms with van der Waals surface area (Å²) in [6.45, 7) is 0. The van der Waals surface area contributed by atoms with E-state index in [1.165, 1.54) is 16.7 Å². The molecule has 3 rings (SSSR count). The summed E-state index contributed by atoms with van der Waals surface area (Å²) in [5, 5.41) is 0. The summed E-state index contributed by atoms with van der Waals surface area (Å²) >= 11 is 3.45. The third kappa shape index (κ3) is 2.24. The van der Waals surface area contributed by atoms with Crippen LogP contribution in [-0.2, 0) is 0 Å². The van der Waals surface area contributed by atoms with Gasteiger partial charge < -0.3 is 4.98 Å². The molecule has 1 aromatic heterocycles. The second kappa shape index (κ2) is 4.83. The fourth-order valence-corrected chi connectivity index (χ4v) is 2.25. The minimum atomic E-state index is 1.10. The van der Waals surface area contributed by atoms with Gasteiger partial charge in [0.15, 0.2) is 0 Å². The van der Waals surface area contributed by atoms with Crippen LogP contribution in [-0.4, -0.2) is 4.98 Å². The van der Waals surface area contributed by atoms with Crippen molar-refractivity contribution in [2.45, 2.75) is 0 Å². The molecule has 0 amide bonds. The number of hydrogen-bond acceptors (Lipinski definition) is 0. The standard InChI is InChI=1S/C16H12BrN/c17-15-8-6-12(7-9-15)14-10-16(18-11-14)13-4-2-1-3-5-13/h1-11,18H. The third-order valence-corrected chi connectivity index (χ3v) is 3.47. The van der Waals surface area contributed by atoms with Crippen LogP contribution in [0, 0.1) is 0 Å². The molecule has 1 N–H and O–H groups in total. The first-order valence-corrected chi connectivity index (χ1v) is 6.62. The smallest absolute Gasteiger partial charge is 0.0460 e. The van der Waals surface area contributed by atoms with E-state index in [4.69, 9.17) is 0 Å². The summed E-state index contributed by atoms with van der Waals surface area (Å²) in [5.41, 5.74) is 4.78. The van der Waals surface area contributed by atoms with Gasteiger partial charge in [0, 0.05) is 16.4 Å². The van der Waals surface area contributed by atoms with E-state index in [0.29, 0.717) is 0 Å². The molecule has 1 nitrogen and oxygen atoms in total. The van der Waals surface area contributed by atoms with E-state index in [-0.39, 0.29) is 0 Å². The average Bonchev–Trinajstić information content (AvgIpc) is 2.90. The van der Waals surface area contributed by atoms with Crippen LogP contribution in [0.4, 0.5) is 0 Å². The molecule has 0 spiro atoms. The lowest BCUT2D eigenvalue weighted by atomic mass is 10.1. The van der Waals surface area contributed by atoms with E-state index >= 15 is 0 Å².